The van der Waals surface area contributed by atoms with Gasteiger partial charge in [-0.1, -0.05) is 30.3 Å². The van der Waals surface area contributed by atoms with Gasteiger partial charge in [-0.2, -0.15) is 0 Å². The molecule has 0 aliphatic carbocycles. The molecular weight excluding hydrogens is 282 g/mol. The molecule has 0 saturated carbocycles. The maximum Gasteiger partial charge on any atom is 0.163 e. The summed E-state index contributed by atoms with van der Waals surface area (Å²) in [6.07, 6.45) is 1.68. The Morgan fingerprint density at radius 1 is 1.09 bits per heavy atom. The molecule has 122 valence electrons. The van der Waals surface area contributed by atoms with Gasteiger partial charge in [-0.05, 0) is 25.6 Å². The van der Waals surface area contributed by atoms with Gasteiger partial charge >= 0.3 is 0 Å². The van der Waals surface area contributed by atoms with Crippen LogP contribution in [0.2, 0.25) is 0 Å². The standard InChI is InChI=1S/C17H25NO4/c1-17(2)21-15(12-19-10-6-9-18)16(22-17)13-20-11-14-7-4-3-5-8-14/h3-5,7-9,15-16,18H,6,10-13H2,1-2H3. The molecule has 5 heteroatoms. The zero-order valence-corrected chi connectivity index (χ0v) is 13.3. The molecule has 0 amide bonds. The molecule has 0 radical (unpaired) electrons. The first-order valence-corrected chi connectivity index (χ1v) is 7.65. The zero-order valence-electron chi connectivity index (χ0n) is 13.3. The molecule has 1 N–H and O–H groups in total. The van der Waals surface area contributed by atoms with Gasteiger partial charge < -0.3 is 24.4 Å². The summed E-state index contributed by atoms with van der Waals surface area (Å²) in [5.74, 6) is -0.615. The van der Waals surface area contributed by atoms with Gasteiger partial charge in [0.05, 0.1) is 26.4 Å². The van der Waals surface area contributed by atoms with E-state index in [0.29, 0.717) is 32.8 Å². The summed E-state index contributed by atoms with van der Waals surface area (Å²) < 4.78 is 23.0. The van der Waals surface area contributed by atoms with Crippen LogP contribution in [0.3, 0.4) is 0 Å². The first kappa shape index (κ1) is 17.1. The molecule has 2 atom stereocenters. The molecule has 1 fully saturated rings. The number of rotatable bonds is 9. The Labute approximate surface area is 132 Å². The highest BCUT2D eigenvalue weighted by Gasteiger charge is 2.41. The van der Waals surface area contributed by atoms with Gasteiger partial charge in [-0.3, -0.25) is 0 Å². The van der Waals surface area contributed by atoms with Crippen molar-refractivity contribution in [3.63, 3.8) is 0 Å². The van der Waals surface area contributed by atoms with Crippen LogP contribution < -0.4 is 0 Å². The molecule has 1 aliphatic heterocycles. The molecule has 1 aromatic rings. The average Bonchev–Trinajstić information content (AvgIpc) is 2.79. The van der Waals surface area contributed by atoms with Gasteiger partial charge in [0.1, 0.15) is 12.2 Å². The molecule has 1 heterocycles. The summed E-state index contributed by atoms with van der Waals surface area (Å²) >= 11 is 0. The minimum absolute atomic E-state index is 0.140. The summed E-state index contributed by atoms with van der Waals surface area (Å²) in [5.41, 5.74) is 1.14. The highest BCUT2D eigenvalue weighted by Crippen LogP contribution is 2.28. The van der Waals surface area contributed by atoms with Crippen LogP contribution in [-0.4, -0.2) is 44.0 Å². The predicted octanol–water partition coefficient (Wildman–Crippen LogP) is 2.78. The van der Waals surface area contributed by atoms with Crippen LogP contribution in [0, 0.1) is 5.41 Å². The van der Waals surface area contributed by atoms with E-state index in [9.17, 15) is 0 Å². The lowest BCUT2D eigenvalue weighted by molar-refractivity contribution is -0.154. The Balaban J connectivity index is 1.77. The smallest absolute Gasteiger partial charge is 0.163 e. The molecule has 2 rings (SSSR count). The lowest BCUT2D eigenvalue weighted by Crippen LogP contribution is -2.31. The fraction of sp³-hybridized carbons (Fsp3) is 0.588. The molecule has 2 unspecified atom stereocenters. The van der Waals surface area contributed by atoms with Crippen molar-refractivity contribution in [1.29, 1.82) is 5.41 Å². The van der Waals surface area contributed by atoms with Crippen molar-refractivity contribution in [2.75, 3.05) is 19.8 Å². The van der Waals surface area contributed by atoms with Crippen LogP contribution in [-0.2, 0) is 25.6 Å². The van der Waals surface area contributed by atoms with Crippen molar-refractivity contribution in [1.82, 2.24) is 0 Å². The lowest BCUT2D eigenvalue weighted by Gasteiger charge is -2.17. The van der Waals surface area contributed by atoms with Crippen molar-refractivity contribution < 1.29 is 18.9 Å². The fourth-order valence-corrected chi connectivity index (χ4v) is 2.40. The van der Waals surface area contributed by atoms with E-state index in [1.165, 1.54) is 6.21 Å². The van der Waals surface area contributed by atoms with Crippen molar-refractivity contribution in [3.05, 3.63) is 35.9 Å². The van der Waals surface area contributed by atoms with Crippen LogP contribution >= 0.6 is 0 Å². The number of ether oxygens (including phenoxy) is 4. The Hall–Kier alpha value is -1.27. The van der Waals surface area contributed by atoms with E-state index in [4.69, 9.17) is 24.4 Å². The van der Waals surface area contributed by atoms with E-state index in [2.05, 4.69) is 0 Å². The van der Waals surface area contributed by atoms with Crippen LogP contribution in [0.4, 0.5) is 0 Å². The Kier molecular flexibility index (Phi) is 6.51. The number of hydrogen-bond donors (Lipinski definition) is 1. The maximum absolute atomic E-state index is 6.98. The van der Waals surface area contributed by atoms with Crippen LogP contribution in [0.1, 0.15) is 25.8 Å². The van der Waals surface area contributed by atoms with Gasteiger partial charge in [0.15, 0.2) is 5.79 Å². The molecule has 1 aromatic carbocycles. The SMILES string of the molecule is CC1(C)OC(COCCC=N)C(COCc2ccccc2)O1. The average molecular weight is 307 g/mol. The van der Waals surface area contributed by atoms with Crippen LogP contribution in [0.5, 0.6) is 0 Å². The van der Waals surface area contributed by atoms with Crippen LogP contribution in [0.25, 0.3) is 0 Å². The first-order chi connectivity index (χ1) is 10.6. The summed E-state index contributed by atoms with van der Waals surface area (Å²) in [5, 5.41) is 6.98. The fourth-order valence-electron chi connectivity index (χ4n) is 2.40. The van der Waals surface area contributed by atoms with Gasteiger partial charge in [0.25, 0.3) is 0 Å². The molecule has 0 spiro atoms. The van der Waals surface area contributed by atoms with E-state index < -0.39 is 5.79 Å². The number of benzene rings is 1. The van der Waals surface area contributed by atoms with Gasteiger partial charge in [0, 0.05) is 6.42 Å². The molecule has 0 aromatic heterocycles. The van der Waals surface area contributed by atoms with Crippen molar-refractivity contribution in [2.45, 2.75) is 44.9 Å². The second kappa shape index (κ2) is 8.39. The Morgan fingerprint density at radius 2 is 1.73 bits per heavy atom. The van der Waals surface area contributed by atoms with Crippen LogP contribution in [0.15, 0.2) is 30.3 Å². The summed E-state index contributed by atoms with van der Waals surface area (Å²) in [7, 11) is 0. The van der Waals surface area contributed by atoms with E-state index in [1.807, 2.05) is 44.2 Å². The maximum atomic E-state index is 6.98. The molecule has 1 aliphatic rings. The predicted molar refractivity (Wildman–Crippen MR) is 84.1 cm³/mol. The third kappa shape index (κ3) is 5.50. The van der Waals surface area contributed by atoms with Gasteiger partial charge in [-0.25, -0.2) is 0 Å². The van der Waals surface area contributed by atoms with E-state index in [-0.39, 0.29) is 12.2 Å². The number of nitrogens with one attached hydrogen (secondary N) is 1. The Bertz CT molecular complexity index is 449. The molecule has 22 heavy (non-hydrogen) atoms. The zero-order chi connectivity index (χ0) is 15.8. The third-order valence-corrected chi connectivity index (χ3v) is 3.37. The van der Waals surface area contributed by atoms with Crippen molar-refractivity contribution in [2.24, 2.45) is 0 Å². The highest BCUT2D eigenvalue weighted by molar-refractivity contribution is 5.52. The first-order valence-electron chi connectivity index (χ1n) is 7.65. The second-order valence-corrected chi connectivity index (χ2v) is 5.78. The highest BCUT2D eigenvalue weighted by atomic mass is 16.8. The van der Waals surface area contributed by atoms with Crippen molar-refractivity contribution in [3.8, 4) is 0 Å². The molecule has 0 bridgehead atoms. The third-order valence-electron chi connectivity index (χ3n) is 3.37. The molecule has 1 saturated heterocycles. The molecular formula is C17H25NO4. The van der Waals surface area contributed by atoms with Gasteiger partial charge in [0.2, 0.25) is 0 Å². The monoisotopic (exact) mass is 307 g/mol. The van der Waals surface area contributed by atoms with E-state index in [0.717, 1.165) is 5.56 Å². The number of hydrogen-bond acceptors (Lipinski definition) is 5. The molecule has 5 nitrogen and oxygen atoms in total. The minimum atomic E-state index is -0.615. The van der Waals surface area contributed by atoms with Gasteiger partial charge in [-0.15, -0.1) is 0 Å². The normalized spacial score (nSPS) is 23.5. The Morgan fingerprint density at radius 3 is 2.36 bits per heavy atom. The summed E-state index contributed by atoms with van der Waals surface area (Å²) in [6, 6.07) is 10.1. The van der Waals surface area contributed by atoms with E-state index in [1.54, 1.807) is 0 Å². The topological polar surface area (TPSA) is 60.8 Å². The van der Waals surface area contributed by atoms with Crippen molar-refractivity contribution >= 4 is 6.21 Å². The summed E-state index contributed by atoms with van der Waals surface area (Å²) in [4.78, 5) is 0. The quantitative estimate of drug-likeness (QED) is 0.563. The lowest BCUT2D eigenvalue weighted by atomic mass is 10.2. The summed E-state index contributed by atoms with van der Waals surface area (Å²) in [6.45, 7) is 5.81. The van der Waals surface area contributed by atoms with E-state index >= 15 is 0 Å². The largest absolute Gasteiger partial charge is 0.378 e. The second-order valence-electron chi connectivity index (χ2n) is 5.78. The minimum Gasteiger partial charge on any atom is -0.378 e.